The zero-order valence-electron chi connectivity index (χ0n) is 14.9. The minimum Gasteiger partial charge on any atom is -0.480 e. The molecule has 2 aromatic carbocycles. The summed E-state index contributed by atoms with van der Waals surface area (Å²) in [6, 6.07) is 12.9. The third-order valence-corrected chi connectivity index (χ3v) is 5.15. The number of rotatable bonds is 5. The fourth-order valence-corrected chi connectivity index (χ4v) is 3.96. The van der Waals surface area contributed by atoms with Gasteiger partial charge in [0.15, 0.2) is 0 Å². The van der Waals surface area contributed by atoms with Gasteiger partial charge in [-0.3, -0.25) is 9.78 Å². The van der Waals surface area contributed by atoms with Gasteiger partial charge in [-0.25, -0.2) is 0 Å². The topological polar surface area (TPSA) is 64.4 Å². The lowest BCUT2D eigenvalue weighted by Crippen LogP contribution is -2.12. The van der Waals surface area contributed by atoms with Gasteiger partial charge in [-0.2, -0.15) is 0 Å². The first-order valence-electron chi connectivity index (χ1n) is 8.55. The molecular formula is C21H16Cl2N2O3. The number of aliphatic carboxylic acids is 1. The Balaban J connectivity index is 2.13. The molecular weight excluding hydrogens is 399 g/mol. The predicted octanol–water partition coefficient (Wildman–Crippen LogP) is 5.39. The van der Waals surface area contributed by atoms with Gasteiger partial charge in [0, 0.05) is 45.2 Å². The first-order valence-corrected chi connectivity index (χ1v) is 9.31. The summed E-state index contributed by atoms with van der Waals surface area (Å²) in [5, 5.41) is 12.4. The number of benzene rings is 2. The van der Waals surface area contributed by atoms with Gasteiger partial charge < -0.3 is 14.4 Å². The first-order chi connectivity index (χ1) is 13.5. The molecule has 4 aromatic rings. The third kappa shape index (κ3) is 3.22. The summed E-state index contributed by atoms with van der Waals surface area (Å²) >= 11 is 12.4. The molecule has 0 bridgehead atoms. The highest BCUT2D eigenvalue weighted by Gasteiger charge is 2.21. The second-order valence-corrected chi connectivity index (χ2v) is 7.29. The molecule has 0 saturated carbocycles. The summed E-state index contributed by atoms with van der Waals surface area (Å²) in [7, 11) is 1.59. The van der Waals surface area contributed by atoms with Crippen LogP contribution >= 0.6 is 23.2 Å². The molecule has 0 fully saturated rings. The highest BCUT2D eigenvalue weighted by Crippen LogP contribution is 2.40. The maximum absolute atomic E-state index is 11.5. The van der Waals surface area contributed by atoms with E-state index < -0.39 is 5.97 Å². The number of methoxy groups -OCH3 is 1. The summed E-state index contributed by atoms with van der Waals surface area (Å²) in [4.78, 5) is 15.9. The van der Waals surface area contributed by atoms with E-state index in [-0.39, 0.29) is 13.2 Å². The largest absolute Gasteiger partial charge is 0.480 e. The number of ether oxygens (including phenoxy) is 1. The van der Waals surface area contributed by atoms with Crippen molar-refractivity contribution in [2.24, 2.45) is 0 Å². The molecule has 0 unspecified atom stereocenters. The Morgan fingerprint density at radius 3 is 2.61 bits per heavy atom. The first kappa shape index (κ1) is 18.7. The van der Waals surface area contributed by atoms with Crippen LogP contribution in [0.3, 0.4) is 0 Å². The van der Waals surface area contributed by atoms with E-state index in [1.54, 1.807) is 30.0 Å². The molecule has 0 aliphatic carbocycles. The van der Waals surface area contributed by atoms with Crippen molar-refractivity contribution in [1.82, 2.24) is 9.55 Å². The molecule has 28 heavy (non-hydrogen) atoms. The van der Waals surface area contributed by atoms with Crippen molar-refractivity contribution in [1.29, 1.82) is 0 Å². The van der Waals surface area contributed by atoms with Crippen molar-refractivity contribution in [3.05, 3.63) is 64.4 Å². The van der Waals surface area contributed by atoms with E-state index in [4.69, 9.17) is 27.9 Å². The maximum Gasteiger partial charge on any atom is 0.323 e. The molecule has 2 aromatic heterocycles. The van der Waals surface area contributed by atoms with E-state index in [1.807, 2.05) is 30.3 Å². The lowest BCUT2D eigenvalue weighted by atomic mass is 9.98. The lowest BCUT2D eigenvalue weighted by molar-refractivity contribution is -0.137. The minimum atomic E-state index is -0.929. The van der Waals surface area contributed by atoms with Crippen LogP contribution in [0.1, 0.15) is 5.69 Å². The van der Waals surface area contributed by atoms with Crippen LogP contribution < -0.4 is 0 Å². The van der Waals surface area contributed by atoms with E-state index in [0.29, 0.717) is 10.0 Å². The number of halogens is 2. The number of nitrogens with zero attached hydrogens (tertiary/aromatic N) is 2. The van der Waals surface area contributed by atoms with Crippen LogP contribution in [-0.4, -0.2) is 27.7 Å². The number of aromatic nitrogens is 2. The molecule has 0 aliphatic heterocycles. The monoisotopic (exact) mass is 414 g/mol. The molecule has 4 rings (SSSR count). The molecule has 7 heteroatoms. The molecule has 0 radical (unpaired) electrons. The Morgan fingerprint density at radius 2 is 1.86 bits per heavy atom. The van der Waals surface area contributed by atoms with Crippen molar-refractivity contribution >= 4 is 51.0 Å². The van der Waals surface area contributed by atoms with Gasteiger partial charge in [0.25, 0.3) is 0 Å². The summed E-state index contributed by atoms with van der Waals surface area (Å²) < 4.78 is 7.18. The summed E-state index contributed by atoms with van der Waals surface area (Å²) in [5.41, 5.74) is 4.12. The highest BCUT2D eigenvalue weighted by molar-refractivity contribution is 6.32. The third-order valence-electron chi connectivity index (χ3n) is 4.68. The number of fused-ring (bicyclic) bond motifs is 2. The number of carboxylic acid groups (broad SMARTS) is 1. The predicted molar refractivity (Wildman–Crippen MR) is 111 cm³/mol. The molecule has 0 spiro atoms. The highest BCUT2D eigenvalue weighted by atomic mass is 35.5. The molecule has 0 saturated heterocycles. The van der Waals surface area contributed by atoms with Crippen molar-refractivity contribution in [3.8, 4) is 11.1 Å². The van der Waals surface area contributed by atoms with Crippen LogP contribution in [-0.2, 0) is 22.7 Å². The summed E-state index contributed by atoms with van der Waals surface area (Å²) in [6.07, 6.45) is 1.72. The molecule has 0 atom stereocenters. The Morgan fingerprint density at radius 1 is 1.11 bits per heavy atom. The standard InChI is InChI=1S/C21H16Cl2N2O3/c1-28-11-19-21(15-6-7-24-17-9-13(23)2-4-14(15)17)16-8-12(22)3-5-18(16)25(19)10-20(26)27/h2-9H,10-11H2,1H3,(H,26,27). The smallest absolute Gasteiger partial charge is 0.323 e. The Bertz CT molecular complexity index is 1220. The van der Waals surface area contributed by atoms with E-state index >= 15 is 0 Å². The van der Waals surface area contributed by atoms with Gasteiger partial charge in [0.05, 0.1) is 17.8 Å². The van der Waals surface area contributed by atoms with Gasteiger partial charge in [-0.05, 0) is 42.0 Å². The van der Waals surface area contributed by atoms with Gasteiger partial charge in [-0.15, -0.1) is 0 Å². The number of carbonyl (C=O) groups is 1. The number of hydrogen-bond donors (Lipinski definition) is 1. The zero-order chi connectivity index (χ0) is 19.8. The van der Waals surface area contributed by atoms with E-state index in [2.05, 4.69) is 4.98 Å². The second-order valence-electron chi connectivity index (χ2n) is 6.42. The normalized spacial score (nSPS) is 11.4. The Labute approximate surface area is 171 Å². The van der Waals surface area contributed by atoms with Crippen molar-refractivity contribution in [2.75, 3.05) is 7.11 Å². The summed E-state index contributed by atoms with van der Waals surface area (Å²) in [5.74, 6) is -0.929. The van der Waals surface area contributed by atoms with Crippen molar-refractivity contribution in [3.63, 3.8) is 0 Å². The minimum absolute atomic E-state index is 0.175. The fourth-order valence-electron chi connectivity index (χ4n) is 3.62. The number of carboxylic acids is 1. The van der Waals surface area contributed by atoms with Crippen LogP contribution in [0.5, 0.6) is 0 Å². The van der Waals surface area contributed by atoms with Crippen LogP contribution in [0.15, 0.2) is 48.7 Å². The van der Waals surface area contributed by atoms with E-state index in [0.717, 1.165) is 38.6 Å². The van der Waals surface area contributed by atoms with Crippen LogP contribution in [0.2, 0.25) is 10.0 Å². The Kier molecular flexibility index (Phi) is 4.98. The van der Waals surface area contributed by atoms with Crippen molar-refractivity contribution in [2.45, 2.75) is 13.2 Å². The number of hydrogen-bond acceptors (Lipinski definition) is 3. The second kappa shape index (κ2) is 7.43. The van der Waals surface area contributed by atoms with Gasteiger partial charge in [0.1, 0.15) is 6.54 Å². The van der Waals surface area contributed by atoms with Gasteiger partial charge >= 0.3 is 5.97 Å². The molecule has 142 valence electrons. The maximum atomic E-state index is 11.5. The quantitative estimate of drug-likeness (QED) is 0.475. The number of pyridine rings is 1. The molecule has 5 nitrogen and oxygen atoms in total. The Hall–Kier alpha value is -2.60. The van der Waals surface area contributed by atoms with Crippen LogP contribution in [0.25, 0.3) is 32.9 Å². The van der Waals surface area contributed by atoms with Gasteiger partial charge in [-0.1, -0.05) is 29.3 Å². The van der Waals surface area contributed by atoms with Crippen molar-refractivity contribution < 1.29 is 14.6 Å². The van der Waals surface area contributed by atoms with E-state index in [9.17, 15) is 9.90 Å². The average Bonchev–Trinajstić information content (AvgIpc) is 2.93. The lowest BCUT2D eigenvalue weighted by Gasteiger charge is -2.11. The molecule has 2 heterocycles. The van der Waals surface area contributed by atoms with Crippen LogP contribution in [0.4, 0.5) is 0 Å². The molecule has 0 aliphatic rings. The van der Waals surface area contributed by atoms with Crippen LogP contribution in [0, 0.1) is 0 Å². The summed E-state index contributed by atoms with van der Waals surface area (Å²) in [6.45, 7) is 0.0813. The van der Waals surface area contributed by atoms with Gasteiger partial charge in [0.2, 0.25) is 0 Å². The fraction of sp³-hybridized carbons (Fsp3) is 0.143. The molecule has 0 amide bonds. The van der Waals surface area contributed by atoms with E-state index in [1.165, 1.54) is 0 Å². The average molecular weight is 415 g/mol. The zero-order valence-corrected chi connectivity index (χ0v) is 16.5. The molecule has 1 N–H and O–H groups in total. The SMILES string of the molecule is COCc1c(-c2ccnc3cc(Cl)ccc23)c2cc(Cl)ccc2n1CC(=O)O.